The Morgan fingerprint density at radius 2 is 2.00 bits per heavy atom. The molecule has 3 rings (SSSR count). The van der Waals surface area contributed by atoms with Crippen molar-refractivity contribution in [3.63, 3.8) is 0 Å². The number of nitrogens with one attached hydrogen (secondary N) is 1. The number of thiophene rings is 1. The fourth-order valence-electron chi connectivity index (χ4n) is 1.58. The molecule has 0 atom stereocenters. The van der Waals surface area contributed by atoms with Gasteiger partial charge in [0, 0.05) is 0 Å². The fraction of sp³-hybridized carbons (Fsp3) is 0. The number of carbonyl (C=O) groups is 1. The molecule has 0 radical (unpaired) electrons. The number of carbonyl (C=O) groups excluding carboxylic acids is 1. The second kappa shape index (κ2) is 5.70. The van der Waals surface area contributed by atoms with E-state index in [0.29, 0.717) is 15.7 Å². The van der Waals surface area contributed by atoms with Gasteiger partial charge in [-0.3, -0.25) is 10.1 Å². The lowest BCUT2D eigenvalue weighted by atomic mass is 10.2. The summed E-state index contributed by atoms with van der Waals surface area (Å²) >= 11 is 8.89. The van der Waals surface area contributed by atoms with Gasteiger partial charge in [0.25, 0.3) is 5.91 Å². The van der Waals surface area contributed by atoms with Crippen molar-refractivity contribution in [2.75, 3.05) is 5.32 Å². The number of hydrogen-bond donors (Lipinski definition) is 1. The molecule has 0 bridgehead atoms. The van der Waals surface area contributed by atoms with Gasteiger partial charge in [-0.15, -0.1) is 21.5 Å². The minimum atomic E-state index is -0.288. The van der Waals surface area contributed by atoms with Crippen molar-refractivity contribution in [1.82, 2.24) is 10.2 Å². The van der Waals surface area contributed by atoms with Crippen molar-refractivity contribution in [3.05, 3.63) is 52.4 Å². The van der Waals surface area contributed by atoms with Crippen LogP contribution in [-0.4, -0.2) is 16.1 Å². The fourth-order valence-corrected chi connectivity index (χ4v) is 3.34. The summed E-state index contributed by atoms with van der Waals surface area (Å²) < 4.78 is 0. The highest BCUT2D eigenvalue weighted by molar-refractivity contribution is 7.23. The third kappa shape index (κ3) is 2.72. The number of aromatic nitrogens is 2. The topological polar surface area (TPSA) is 54.9 Å². The first-order chi connectivity index (χ1) is 9.74. The number of halogens is 1. The Bertz CT molecular complexity index is 740. The largest absolute Gasteiger partial charge is 0.296 e. The summed E-state index contributed by atoms with van der Waals surface area (Å²) in [6.07, 6.45) is 0. The Balaban J connectivity index is 1.79. The smallest absolute Gasteiger partial charge is 0.259 e. The minimum Gasteiger partial charge on any atom is -0.296 e. The highest BCUT2D eigenvalue weighted by Crippen LogP contribution is 2.30. The molecule has 0 saturated carbocycles. The van der Waals surface area contributed by atoms with Crippen LogP contribution in [0.4, 0.5) is 5.13 Å². The van der Waals surface area contributed by atoms with Crippen LogP contribution in [-0.2, 0) is 0 Å². The first kappa shape index (κ1) is 13.2. The summed E-state index contributed by atoms with van der Waals surface area (Å²) in [7, 11) is 0. The van der Waals surface area contributed by atoms with Gasteiger partial charge in [0.2, 0.25) is 5.13 Å². The molecule has 1 N–H and O–H groups in total. The molecule has 0 aliphatic carbocycles. The summed E-state index contributed by atoms with van der Waals surface area (Å²) in [4.78, 5) is 13.1. The number of anilines is 1. The number of amides is 1. The van der Waals surface area contributed by atoms with E-state index in [1.54, 1.807) is 35.6 Å². The molecule has 2 aromatic heterocycles. The molecule has 0 fully saturated rings. The molecule has 0 unspecified atom stereocenters. The van der Waals surface area contributed by atoms with Crippen molar-refractivity contribution >= 4 is 45.3 Å². The molecule has 0 saturated heterocycles. The summed E-state index contributed by atoms with van der Waals surface area (Å²) in [5.74, 6) is -0.288. The van der Waals surface area contributed by atoms with E-state index in [1.165, 1.54) is 11.3 Å². The van der Waals surface area contributed by atoms with Gasteiger partial charge in [0.15, 0.2) is 5.01 Å². The summed E-state index contributed by atoms with van der Waals surface area (Å²) in [5, 5.41) is 14.4. The standard InChI is InChI=1S/C13H8ClN3OS2/c14-9-5-2-1-4-8(9)11(18)15-13-17-16-12(20-13)10-6-3-7-19-10/h1-7H,(H,15,17,18). The van der Waals surface area contributed by atoms with Crippen molar-refractivity contribution in [3.8, 4) is 9.88 Å². The van der Waals surface area contributed by atoms with Gasteiger partial charge in [-0.25, -0.2) is 0 Å². The van der Waals surface area contributed by atoms with Crippen LogP contribution in [0, 0.1) is 0 Å². The first-order valence-corrected chi connectivity index (χ1v) is 7.75. The highest BCUT2D eigenvalue weighted by Gasteiger charge is 2.13. The molecule has 1 amide bonds. The normalized spacial score (nSPS) is 10.4. The molecule has 20 heavy (non-hydrogen) atoms. The van der Waals surface area contributed by atoms with Gasteiger partial charge >= 0.3 is 0 Å². The molecule has 0 aliphatic heterocycles. The molecular formula is C13H8ClN3OS2. The van der Waals surface area contributed by atoms with Crippen molar-refractivity contribution in [2.45, 2.75) is 0 Å². The second-order valence-electron chi connectivity index (χ2n) is 3.82. The lowest BCUT2D eigenvalue weighted by Crippen LogP contribution is -2.12. The molecule has 100 valence electrons. The van der Waals surface area contributed by atoms with Crippen LogP contribution in [0.15, 0.2) is 41.8 Å². The number of rotatable bonds is 3. The molecular weight excluding hydrogens is 314 g/mol. The van der Waals surface area contributed by atoms with Gasteiger partial charge in [0.05, 0.1) is 15.5 Å². The van der Waals surface area contributed by atoms with Crippen molar-refractivity contribution in [2.24, 2.45) is 0 Å². The third-order valence-corrected chi connectivity index (χ3v) is 4.70. The average Bonchev–Trinajstić information content (AvgIpc) is 3.09. The minimum absolute atomic E-state index is 0.288. The van der Waals surface area contributed by atoms with Gasteiger partial charge in [-0.2, -0.15) is 0 Å². The van der Waals surface area contributed by atoms with Crippen LogP contribution in [0.3, 0.4) is 0 Å². The van der Waals surface area contributed by atoms with E-state index in [0.717, 1.165) is 9.88 Å². The highest BCUT2D eigenvalue weighted by atomic mass is 35.5. The van der Waals surface area contributed by atoms with Gasteiger partial charge in [0.1, 0.15) is 0 Å². The maximum absolute atomic E-state index is 12.1. The Hall–Kier alpha value is -1.76. The van der Waals surface area contributed by atoms with Gasteiger partial charge < -0.3 is 0 Å². The van der Waals surface area contributed by atoms with Crippen LogP contribution in [0.25, 0.3) is 9.88 Å². The molecule has 2 heterocycles. The lowest BCUT2D eigenvalue weighted by molar-refractivity contribution is 0.102. The maximum atomic E-state index is 12.1. The van der Waals surface area contributed by atoms with E-state index in [2.05, 4.69) is 15.5 Å². The van der Waals surface area contributed by atoms with Crippen molar-refractivity contribution in [1.29, 1.82) is 0 Å². The number of nitrogens with zero attached hydrogens (tertiary/aromatic N) is 2. The third-order valence-electron chi connectivity index (χ3n) is 2.50. The molecule has 1 aromatic carbocycles. The molecule has 0 aliphatic rings. The van der Waals surface area contributed by atoms with Crippen LogP contribution in [0.2, 0.25) is 5.02 Å². The Morgan fingerprint density at radius 3 is 2.75 bits per heavy atom. The van der Waals surface area contributed by atoms with Crippen LogP contribution < -0.4 is 5.32 Å². The molecule has 7 heteroatoms. The van der Waals surface area contributed by atoms with Gasteiger partial charge in [-0.1, -0.05) is 41.1 Å². The lowest BCUT2D eigenvalue weighted by Gasteiger charge is -2.02. The molecule has 4 nitrogen and oxygen atoms in total. The zero-order valence-corrected chi connectivity index (χ0v) is 12.4. The van der Waals surface area contributed by atoms with Crippen molar-refractivity contribution < 1.29 is 4.79 Å². The SMILES string of the molecule is O=C(Nc1nnc(-c2cccs2)s1)c1ccccc1Cl. The molecule has 3 aromatic rings. The summed E-state index contributed by atoms with van der Waals surface area (Å²) in [5.41, 5.74) is 0.419. The van der Waals surface area contributed by atoms with E-state index < -0.39 is 0 Å². The Labute approximate surface area is 128 Å². The summed E-state index contributed by atoms with van der Waals surface area (Å²) in [6.45, 7) is 0. The first-order valence-electron chi connectivity index (χ1n) is 5.67. The van der Waals surface area contributed by atoms with E-state index in [1.807, 2.05) is 17.5 Å². The predicted molar refractivity (Wildman–Crippen MR) is 82.6 cm³/mol. The van der Waals surface area contributed by atoms with Crippen LogP contribution in [0.1, 0.15) is 10.4 Å². The maximum Gasteiger partial charge on any atom is 0.259 e. The van der Waals surface area contributed by atoms with Gasteiger partial charge in [-0.05, 0) is 23.6 Å². The van der Waals surface area contributed by atoms with E-state index >= 15 is 0 Å². The second-order valence-corrected chi connectivity index (χ2v) is 6.16. The number of hydrogen-bond acceptors (Lipinski definition) is 5. The Kier molecular flexibility index (Phi) is 3.77. The van der Waals surface area contributed by atoms with E-state index in [4.69, 9.17) is 11.6 Å². The average molecular weight is 322 g/mol. The van der Waals surface area contributed by atoms with E-state index in [-0.39, 0.29) is 5.91 Å². The zero-order valence-electron chi connectivity index (χ0n) is 10.0. The van der Waals surface area contributed by atoms with Crippen LogP contribution >= 0.6 is 34.3 Å². The quantitative estimate of drug-likeness (QED) is 0.787. The zero-order chi connectivity index (χ0) is 13.9. The Morgan fingerprint density at radius 1 is 1.15 bits per heavy atom. The van der Waals surface area contributed by atoms with Crippen LogP contribution in [0.5, 0.6) is 0 Å². The molecule has 0 spiro atoms. The number of benzene rings is 1. The predicted octanol–water partition coefficient (Wildman–Crippen LogP) is 4.17. The monoisotopic (exact) mass is 321 g/mol. The summed E-state index contributed by atoms with van der Waals surface area (Å²) in [6, 6.07) is 10.8. The van der Waals surface area contributed by atoms with E-state index in [9.17, 15) is 4.79 Å².